The number of carbonyl (C=O) groups is 1. The molecule has 3 aromatic carbocycles. The van der Waals surface area contributed by atoms with Gasteiger partial charge in [-0.05, 0) is 73.5 Å². The molecule has 5 rings (SSSR count). The minimum absolute atomic E-state index is 0.125. The number of amides is 1. The van der Waals surface area contributed by atoms with Crippen LogP contribution in [0.15, 0.2) is 83.8 Å². The van der Waals surface area contributed by atoms with Crippen LogP contribution in [0.3, 0.4) is 0 Å². The summed E-state index contributed by atoms with van der Waals surface area (Å²) in [5.74, 6) is -0.830. The molecule has 1 aliphatic rings. The molecule has 1 atom stereocenters. The molecule has 1 fully saturated rings. The molecule has 42 heavy (non-hydrogen) atoms. The number of sulfone groups is 1. The lowest BCUT2D eigenvalue weighted by Gasteiger charge is -2.29. The summed E-state index contributed by atoms with van der Waals surface area (Å²) < 4.78 is 66.1. The van der Waals surface area contributed by atoms with Crippen LogP contribution < -0.4 is 5.32 Å². The van der Waals surface area contributed by atoms with Crippen molar-refractivity contribution >= 4 is 21.4 Å². The van der Waals surface area contributed by atoms with Gasteiger partial charge in [0.05, 0.1) is 28.3 Å². The maximum atomic E-state index is 13.6. The van der Waals surface area contributed by atoms with E-state index in [2.05, 4.69) is 15.3 Å². The first kappa shape index (κ1) is 29.0. The highest BCUT2D eigenvalue weighted by molar-refractivity contribution is 7.90. The molecule has 1 N–H and O–H groups in total. The Hall–Kier alpha value is -4.47. The normalized spacial score (nSPS) is 14.4. The largest absolute Gasteiger partial charge is 0.435 e. The molecule has 0 aliphatic heterocycles. The molecule has 0 saturated heterocycles. The average Bonchev–Trinajstić information content (AvgIpc) is 3.69. The lowest BCUT2D eigenvalue weighted by atomic mass is 9.96. The van der Waals surface area contributed by atoms with Gasteiger partial charge in [-0.15, -0.1) is 0 Å². The number of nitrogens with zero attached hydrogens (tertiary/aromatic N) is 4. The predicted octanol–water partition coefficient (Wildman–Crippen LogP) is 5.60. The number of benzene rings is 3. The Morgan fingerprint density at radius 1 is 1.05 bits per heavy atom. The molecule has 216 valence electrons. The van der Waals surface area contributed by atoms with Crippen LogP contribution in [0.25, 0.3) is 5.69 Å². The van der Waals surface area contributed by atoms with Crippen molar-refractivity contribution in [3.8, 4) is 11.8 Å². The third kappa shape index (κ3) is 6.22. The van der Waals surface area contributed by atoms with E-state index in [1.54, 1.807) is 30.3 Å². The summed E-state index contributed by atoms with van der Waals surface area (Å²) in [5, 5.41) is 15.5. The van der Waals surface area contributed by atoms with Crippen molar-refractivity contribution < 1.29 is 26.4 Å². The van der Waals surface area contributed by atoms with Crippen molar-refractivity contribution in [2.45, 2.75) is 36.0 Å². The van der Waals surface area contributed by atoms with Crippen LogP contribution in [0.5, 0.6) is 0 Å². The van der Waals surface area contributed by atoms with Gasteiger partial charge in [0, 0.05) is 24.1 Å². The zero-order valence-corrected chi connectivity index (χ0v) is 23.4. The van der Waals surface area contributed by atoms with E-state index >= 15 is 0 Å². The van der Waals surface area contributed by atoms with E-state index in [0.717, 1.165) is 34.9 Å². The molecule has 1 amide bonds. The quantitative estimate of drug-likeness (QED) is 0.285. The van der Waals surface area contributed by atoms with Crippen LogP contribution >= 0.6 is 0 Å². The van der Waals surface area contributed by atoms with Gasteiger partial charge in [0.1, 0.15) is 5.69 Å². The molecule has 0 spiro atoms. The Kier molecular flexibility index (Phi) is 7.66. The van der Waals surface area contributed by atoms with Gasteiger partial charge in [-0.1, -0.05) is 30.3 Å². The zero-order chi connectivity index (χ0) is 30.2. The van der Waals surface area contributed by atoms with E-state index in [4.69, 9.17) is 0 Å². The summed E-state index contributed by atoms with van der Waals surface area (Å²) in [6.45, 7) is 0. The third-order valence-corrected chi connectivity index (χ3v) is 8.15. The van der Waals surface area contributed by atoms with Gasteiger partial charge < -0.3 is 5.32 Å². The number of halogens is 3. The molecular formula is C30H26F3N5O3S. The van der Waals surface area contributed by atoms with Crippen LogP contribution in [0, 0.1) is 11.3 Å². The van der Waals surface area contributed by atoms with Crippen molar-refractivity contribution in [3.63, 3.8) is 0 Å². The van der Waals surface area contributed by atoms with Crippen LogP contribution in [0.2, 0.25) is 0 Å². The lowest BCUT2D eigenvalue weighted by Crippen LogP contribution is -2.28. The van der Waals surface area contributed by atoms with Crippen molar-refractivity contribution in [2.24, 2.45) is 0 Å². The van der Waals surface area contributed by atoms with Gasteiger partial charge in [0.25, 0.3) is 5.91 Å². The van der Waals surface area contributed by atoms with Crippen LogP contribution in [0.1, 0.15) is 51.8 Å². The SMILES string of the molecule is CN(C1CC1)C(c1cccc(NC(=O)c2cc(C(F)(F)F)nn2-c2cccc(C#N)c2)c1)c1cccc(S(C)(=O)=O)c1. The van der Waals surface area contributed by atoms with Gasteiger partial charge in [0.2, 0.25) is 0 Å². The fourth-order valence-electron chi connectivity index (χ4n) is 4.84. The highest BCUT2D eigenvalue weighted by Gasteiger charge is 2.36. The second-order valence-electron chi connectivity index (χ2n) is 10.2. The van der Waals surface area contributed by atoms with Crippen LogP contribution in [-0.4, -0.2) is 48.4 Å². The smallest absolute Gasteiger partial charge is 0.321 e. The first-order chi connectivity index (χ1) is 19.8. The molecule has 4 aromatic rings. The molecule has 0 bridgehead atoms. The van der Waals surface area contributed by atoms with Gasteiger partial charge in [-0.2, -0.15) is 23.5 Å². The summed E-state index contributed by atoms with van der Waals surface area (Å²) in [4.78, 5) is 15.7. The average molecular weight is 594 g/mol. The summed E-state index contributed by atoms with van der Waals surface area (Å²) in [6, 6.07) is 21.9. The molecule has 1 aromatic heterocycles. The molecule has 12 heteroatoms. The minimum atomic E-state index is -4.80. The predicted molar refractivity (Wildman–Crippen MR) is 150 cm³/mol. The number of nitrogens with one attached hydrogen (secondary N) is 1. The van der Waals surface area contributed by atoms with E-state index in [-0.39, 0.29) is 27.9 Å². The van der Waals surface area contributed by atoms with Gasteiger partial charge >= 0.3 is 6.18 Å². The number of aromatic nitrogens is 2. The van der Waals surface area contributed by atoms with Gasteiger partial charge in [-0.3, -0.25) is 9.69 Å². The van der Waals surface area contributed by atoms with E-state index in [1.807, 2.05) is 25.2 Å². The van der Waals surface area contributed by atoms with Gasteiger partial charge in [-0.25, -0.2) is 13.1 Å². The van der Waals surface area contributed by atoms with Crippen LogP contribution in [0.4, 0.5) is 18.9 Å². The summed E-state index contributed by atoms with van der Waals surface area (Å²) in [6.07, 6.45) is -1.66. The monoisotopic (exact) mass is 593 g/mol. The highest BCUT2D eigenvalue weighted by atomic mass is 32.2. The Balaban J connectivity index is 1.51. The summed E-state index contributed by atoms with van der Waals surface area (Å²) in [5.41, 5.74) is 0.552. The Labute approximate surface area is 240 Å². The second-order valence-corrected chi connectivity index (χ2v) is 12.2. The first-order valence-corrected chi connectivity index (χ1v) is 14.9. The number of nitriles is 1. The number of hydrogen-bond acceptors (Lipinski definition) is 6. The molecule has 8 nitrogen and oxygen atoms in total. The fraction of sp³-hybridized carbons (Fsp3) is 0.233. The molecule has 1 aliphatic carbocycles. The third-order valence-electron chi connectivity index (χ3n) is 7.04. The maximum Gasteiger partial charge on any atom is 0.435 e. The topological polar surface area (TPSA) is 108 Å². The van der Waals surface area contributed by atoms with Gasteiger partial charge in [0.15, 0.2) is 15.5 Å². The molecule has 1 heterocycles. The van der Waals surface area contributed by atoms with E-state index in [9.17, 15) is 31.6 Å². The molecule has 0 radical (unpaired) electrons. The summed E-state index contributed by atoms with van der Waals surface area (Å²) >= 11 is 0. The highest BCUT2D eigenvalue weighted by Crippen LogP contribution is 2.38. The van der Waals surface area contributed by atoms with Crippen molar-refractivity contribution in [2.75, 3.05) is 18.6 Å². The maximum absolute atomic E-state index is 13.6. The van der Waals surface area contributed by atoms with Crippen molar-refractivity contribution in [1.82, 2.24) is 14.7 Å². The zero-order valence-electron chi connectivity index (χ0n) is 22.6. The standard InChI is InChI=1S/C30H26F3N5O3S/c1-37(23-12-13-23)28(21-8-5-11-25(16-21)42(2,40)41)20-7-4-9-22(15-20)35-29(39)26-17-27(30(31,32)33)36-38(26)24-10-3-6-19(14-24)18-34/h3-11,14-17,23,28H,12-13H2,1-2H3,(H,35,39). The Morgan fingerprint density at radius 2 is 1.71 bits per heavy atom. The van der Waals surface area contributed by atoms with E-state index in [1.165, 1.54) is 30.3 Å². The Bertz CT molecular complexity index is 1810. The number of carbonyl (C=O) groups excluding carboxylic acids is 1. The number of hydrogen-bond donors (Lipinski definition) is 1. The molecule has 1 unspecified atom stereocenters. The number of alkyl halides is 3. The Morgan fingerprint density at radius 3 is 2.36 bits per heavy atom. The lowest BCUT2D eigenvalue weighted by molar-refractivity contribution is -0.141. The first-order valence-electron chi connectivity index (χ1n) is 13.0. The summed E-state index contributed by atoms with van der Waals surface area (Å²) in [7, 11) is -1.50. The number of anilines is 1. The van der Waals surface area contributed by atoms with Crippen molar-refractivity contribution in [3.05, 3.63) is 107 Å². The molecule has 1 saturated carbocycles. The fourth-order valence-corrected chi connectivity index (χ4v) is 5.51. The van der Waals surface area contributed by atoms with Crippen LogP contribution in [-0.2, 0) is 16.0 Å². The van der Waals surface area contributed by atoms with E-state index in [0.29, 0.717) is 17.8 Å². The number of rotatable bonds is 8. The second kappa shape index (κ2) is 11.1. The van der Waals surface area contributed by atoms with E-state index < -0.39 is 27.6 Å². The molecular weight excluding hydrogens is 567 g/mol. The minimum Gasteiger partial charge on any atom is -0.321 e. The van der Waals surface area contributed by atoms with Crippen molar-refractivity contribution in [1.29, 1.82) is 5.26 Å².